The standard InChI is InChI=1S/C13H20ClNOS/c1-15(8-11-4-5-12(14)17-11)9-13(10-16)6-2-3-7-13/h4-5,16H,2-3,6-10H2,1H3. The second-order valence-corrected chi connectivity index (χ2v) is 7.04. The van der Waals surface area contributed by atoms with Crippen molar-refractivity contribution in [1.29, 1.82) is 0 Å². The van der Waals surface area contributed by atoms with Gasteiger partial charge in [-0.3, -0.25) is 0 Å². The second kappa shape index (κ2) is 5.70. The van der Waals surface area contributed by atoms with E-state index in [2.05, 4.69) is 18.0 Å². The van der Waals surface area contributed by atoms with E-state index in [1.54, 1.807) is 11.3 Å². The van der Waals surface area contributed by atoms with Gasteiger partial charge < -0.3 is 10.0 Å². The summed E-state index contributed by atoms with van der Waals surface area (Å²) in [5.74, 6) is 0. The first-order valence-electron chi connectivity index (χ1n) is 6.17. The molecule has 0 bridgehead atoms. The highest BCUT2D eigenvalue weighted by Crippen LogP contribution is 2.38. The first kappa shape index (κ1) is 13.3. The van der Waals surface area contributed by atoms with Crippen LogP contribution in [0, 0.1) is 5.41 Å². The van der Waals surface area contributed by atoms with E-state index >= 15 is 0 Å². The van der Waals surface area contributed by atoms with Gasteiger partial charge in [0.15, 0.2) is 0 Å². The molecular formula is C13H20ClNOS. The Morgan fingerprint density at radius 3 is 2.65 bits per heavy atom. The van der Waals surface area contributed by atoms with Crippen LogP contribution in [0.15, 0.2) is 12.1 Å². The van der Waals surface area contributed by atoms with E-state index in [4.69, 9.17) is 11.6 Å². The van der Waals surface area contributed by atoms with Gasteiger partial charge in [-0.15, -0.1) is 11.3 Å². The second-order valence-electron chi connectivity index (χ2n) is 5.24. The van der Waals surface area contributed by atoms with Crippen LogP contribution in [0.5, 0.6) is 0 Å². The molecule has 1 N–H and O–H groups in total. The molecule has 0 radical (unpaired) electrons. The fourth-order valence-corrected chi connectivity index (χ4v) is 3.99. The van der Waals surface area contributed by atoms with E-state index in [-0.39, 0.29) is 5.41 Å². The lowest BCUT2D eigenvalue weighted by Gasteiger charge is -2.31. The lowest BCUT2D eigenvalue weighted by molar-refractivity contribution is 0.0867. The number of halogens is 1. The first-order chi connectivity index (χ1) is 8.13. The summed E-state index contributed by atoms with van der Waals surface area (Å²) < 4.78 is 0.853. The number of hydrogen-bond donors (Lipinski definition) is 1. The fourth-order valence-electron chi connectivity index (χ4n) is 2.82. The molecule has 2 rings (SSSR count). The van der Waals surface area contributed by atoms with Crippen molar-refractivity contribution >= 4 is 22.9 Å². The Labute approximate surface area is 112 Å². The van der Waals surface area contributed by atoms with Crippen molar-refractivity contribution in [3.8, 4) is 0 Å². The third-order valence-electron chi connectivity index (χ3n) is 3.66. The summed E-state index contributed by atoms with van der Waals surface area (Å²) in [7, 11) is 2.13. The fraction of sp³-hybridized carbons (Fsp3) is 0.692. The monoisotopic (exact) mass is 273 g/mol. The smallest absolute Gasteiger partial charge is 0.0931 e. The van der Waals surface area contributed by atoms with E-state index < -0.39 is 0 Å². The van der Waals surface area contributed by atoms with Gasteiger partial charge in [0.25, 0.3) is 0 Å². The number of nitrogens with zero attached hydrogens (tertiary/aromatic N) is 1. The number of aliphatic hydroxyl groups excluding tert-OH is 1. The Hall–Kier alpha value is -0.0900. The van der Waals surface area contributed by atoms with Crippen molar-refractivity contribution in [2.45, 2.75) is 32.2 Å². The van der Waals surface area contributed by atoms with E-state index in [0.717, 1.165) is 17.4 Å². The van der Waals surface area contributed by atoms with Crippen molar-refractivity contribution in [3.63, 3.8) is 0 Å². The number of thiophene rings is 1. The molecule has 0 unspecified atom stereocenters. The normalized spacial score (nSPS) is 19.1. The SMILES string of the molecule is CN(Cc1ccc(Cl)s1)CC1(CO)CCCC1. The molecule has 1 aliphatic rings. The third kappa shape index (κ3) is 3.44. The zero-order chi connectivity index (χ0) is 12.3. The minimum atomic E-state index is 0.149. The van der Waals surface area contributed by atoms with E-state index in [1.807, 2.05) is 6.07 Å². The van der Waals surface area contributed by atoms with Gasteiger partial charge in [-0.05, 0) is 32.0 Å². The molecule has 1 saturated carbocycles. The van der Waals surface area contributed by atoms with Crippen LogP contribution < -0.4 is 0 Å². The minimum absolute atomic E-state index is 0.149. The Kier molecular flexibility index (Phi) is 4.47. The quantitative estimate of drug-likeness (QED) is 0.889. The van der Waals surface area contributed by atoms with Crippen LogP contribution in [0.1, 0.15) is 30.6 Å². The van der Waals surface area contributed by atoms with Crippen LogP contribution in [-0.2, 0) is 6.54 Å². The Bertz CT molecular complexity index is 360. The zero-order valence-corrected chi connectivity index (χ0v) is 11.9. The summed E-state index contributed by atoms with van der Waals surface area (Å²) in [6.45, 7) is 2.24. The molecule has 0 aromatic carbocycles. The van der Waals surface area contributed by atoms with Crippen LogP contribution in [-0.4, -0.2) is 30.2 Å². The maximum absolute atomic E-state index is 9.59. The molecule has 2 nitrogen and oxygen atoms in total. The molecule has 1 heterocycles. The van der Waals surface area contributed by atoms with Gasteiger partial charge in [-0.25, -0.2) is 0 Å². The maximum atomic E-state index is 9.59. The van der Waals surface area contributed by atoms with Gasteiger partial charge in [0.1, 0.15) is 0 Å². The van der Waals surface area contributed by atoms with Crippen molar-refractivity contribution in [1.82, 2.24) is 4.90 Å². The predicted octanol–water partition coefficient (Wildman–Crippen LogP) is 3.39. The molecule has 1 fully saturated rings. The Balaban J connectivity index is 1.90. The maximum Gasteiger partial charge on any atom is 0.0931 e. The molecule has 0 saturated heterocycles. The summed E-state index contributed by atoms with van der Waals surface area (Å²) in [5.41, 5.74) is 0.149. The lowest BCUT2D eigenvalue weighted by atomic mass is 9.87. The molecule has 1 aromatic rings. The van der Waals surface area contributed by atoms with Crippen molar-refractivity contribution in [3.05, 3.63) is 21.3 Å². The highest BCUT2D eigenvalue weighted by atomic mass is 35.5. The van der Waals surface area contributed by atoms with Crippen LogP contribution in [0.4, 0.5) is 0 Å². The van der Waals surface area contributed by atoms with Crippen LogP contribution >= 0.6 is 22.9 Å². The van der Waals surface area contributed by atoms with Gasteiger partial charge in [-0.2, -0.15) is 0 Å². The number of hydrogen-bond acceptors (Lipinski definition) is 3. The van der Waals surface area contributed by atoms with Crippen molar-refractivity contribution in [2.24, 2.45) is 5.41 Å². The molecule has 1 aliphatic carbocycles. The lowest BCUT2D eigenvalue weighted by Crippen LogP contribution is -2.36. The minimum Gasteiger partial charge on any atom is -0.396 e. The average molecular weight is 274 g/mol. The summed E-state index contributed by atoms with van der Waals surface area (Å²) in [6, 6.07) is 4.04. The topological polar surface area (TPSA) is 23.5 Å². The number of rotatable bonds is 5. The van der Waals surface area contributed by atoms with Crippen molar-refractivity contribution < 1.29 is 5.11 Å². The Morgan fingerprint density at radius 1 is 1.41 bits per heavy atom. The first-order valence-corrected chi connectivity index (χ1v) is 7.37. The largest absolute Gasteiger partial charge is 0.396 e. The highest BCUT2D eigenvalue weighted by molar-refractivity contribution is 7.16. The molecule has 96 valence electrons. The summed E-state index contributed by atoms with van der Waals surface area (Å²) in [6.07, 6.45) is 4.86. The molecule has 0 spiro atoms. The van der Waals surface area contributed by atoms with E-state index in [0.29, 0.717) is 6.61 Å². The van der Waals surface area contributed by atoms with E-state index in [1.165, 1.54) is 30.6 Å². The van der Waals surface area contributed by atoms with Gasteiger partial charge in [0.05, 0.1) is 4.34 Å². The molecule has 17 heavy (non-hydrogen) atoms. The molecule has 1 aromatic heterocycles. The zero-order valence-electron chi connectivity index (χ0n) is 10.3. The van der Waals surface area contributed by atoms with Gasteiger partial charge >= 0.3 is 0 Å². The van der Waals surface area contributed by atoms with Gasteiger partial charge in [-0.1, -0.05) is 24.4 Å². The van der Waals surface area contributed by atoms with Gasteiger partial charge in [0, 0.05) is 30.0 Å². The Morgan fingerprint density at radius 2 is 2.12 bits per heavy atom. The van der Waals surface area contributed by atoms with Crippen LogP contribution in [0.2, 0.25) is 4.34 Å². The average Bonchev–Trinajstić information content (AvgIpc) is 2.89. The predicted molar refractivity (Wildman–Crippen MR) is 73.6 cm³/mol. The highest BCUT2D eigenvalue weighted by Gasteiger charge is 2.34. The summed E-state index contributed by atoms with van der Waals surface area (Å²) in [5, 5.41) is 9.59. The van der Waals surface area contributed by atoms with E-state index in [9.17, 15) is 5.11 Å². The molecule has 0 amide bonds. The third-order valence-corrected chi connectivity index (χ3v) is 4.88. The molecule has 4 heteroatoms. The summed E-state index contributed by atoms with van der Waals surface area (Å²) in [4.78, 5) is 3.60. The number of aliphatic hydroxyl groups is 1. The van der Waals surface area contributed by atoms with Crippen molar-refractivity contribution in [2.75, 3.05) is 20.2 Å². The molecular weight excluding hydrogens is 254 g/mol. The van der Waals surface area contributed by atoms with Crippen LogP contribution in [0.25, 0.3) is 0 Å². The molecule has 0 atom stereocenters. The summed E-state index contributed by atoms with van der Waals surface area (Å²) >= 11 is 7.57. The molecule has 0 aliphatic heterocycles. The van der Waals surface area contributed by atoms with Gasteiger partial charge in [0.2, 0.25) is 0 Å². The van der Waals surface area contributed by atoms with Crippen LogP contribution in [0.3, 0.4) is 0 Å².